The minimum absolute atomic E-state index is 0.0799. The number of nitrogens with zero attached hydrogens (tertiary/aromatic N) is 2. The number of fused-ring (bicyclic) bond motifs is 1. The molecule has 0 saturated heterocycles. The van der Waals surface area contributed by atoms with Crippen LogP contribution in [0.15, 0.2) is 75.6 Å². The van der Waals surface area contributed by atoms with Crippen LogP contribution in [0.2, 0.25) is 0 Å². The van der Waals surface area contributed by atoms with Crippen molar-refractivity contribution < 1.29 is 0 Å². The predicted molar refractivity (Wildman–Crippen MR) is 116 cm³/mol. The van der Waals surface area contributed by atoms with Crippen LogP contribution in [0.5, 0.6) is 0 Å². The van der Waals surface area contributed by atoms with Gasteiger partial charge < -0.3 is 0 Å². The molecule has 5 heteroatoms. The Morgan fingerprint density at radius 2 is 1.57 bits per heavy atom. The van der Waals surface area contributed by atoms with Gasteiger partial charge in [0.15, 0.2) is 0 Å². The second kappa shape index (κ2) is 6.91. The molecule has 0 fully saturated rings. The molecule has 0 aliphatic heterocycles. The third kappa shape index (κ3) is 3.22. The van der Waals surface area contributed by atoms with Gasteiger partial charge in [-0.3, -0.25) is 9.36 Å². The summed E-state index contributed by atoms with van der Waals surface area (Å²) in [5.41, 5.74) is 3.05. The average Bonchev–Trinajstić information content (AvgIpc) is 3.16. The summed E-state index contributed by atoms with van der Waals surface area (Å²) in [4.78, 5) is 26.2. The lowest BCUT2D eigenvalue weighted by Crippen LogP contribution is -2.38. The van der Waals surface area contributed by atoms with Crippen molar-refractivity contribution in [1.82, 2.24) is 9.13 Å². The van der Waals surface area contributed by atoms with Crippen molar-refractivity contribution in [2.75, 3.05) is 0 Å². The Kier molecular flexibility index (Phi) is 4.55. The molecule has 2 aromatic carbocycles. The molecule has 142 valence electrons. The lowest BCUT2D eigenvalue weighted by Gasteiger charge is -2.19. The second-order valence-corrected chi connectivity index (χ2v) is 8.84. The summed E-state index contributed by atoms with van der Waals surface area (Å²) in [5.74, 6) is 0. The molecular formula is C23H22N2O2S. The average molecular weight is 391 g/mol. The highest BCUT2D eigenvalue weighted by Gasteiger charge is 2.17. The molecule has 2 heterocycles. The van der Waals surface area contributed by atoms with Gasteiger partial charge in [-0.1, -0.05) is 63.2 Å². The first-order valence-corrected chi connectivity index (χ1v) is 10.1. The summed E-state index contributed by atoms with van der Waals surface area (Å²) in [6.45, 7) is 6.95. The van der Waals surface area contributed by atoms with Gasteiger partial charge in [0.2, 0.25) is 0 Å². The maximum absolute atomic E-state index is 13.3. The third-order valence-electron chi connectivity index (χ3n) is 4.93. The van der Waals surface area contributed by atoms with Crippen LogP contribution in [0, 0.1) is 0 Å². The summed E-state index contributed by atoms with van der Waals surface area (Å²) in [6.07, 6.45) is 0. The molecule has 0 saturated carbocycles. The summed E-state index contributed by atoms with van der Waals surface area (Å²) in [5, 5.41) is 1.86. The summed E-state index contributed by atoms with van der Waals surface area (Å²) < 4.78 is 3.55. The van der Waals surface area contributed by atoms with E-state index in [1.165, 1.54) is 21.5 Å². The smallest absolute Gasteiger partial charge is 0.288 e. The van der Waals surface area contributed by atoms with E-state index < -0.39 is 0 Å². The molecule has 0 aliphatic carbocycles. The van der Waals surface area contributed by atoms with E-state index in [0.29, 0.717) is 22.4 Å². The highest BCUT2D eigenvalue weighted by atomic mass is 32.1. The largest absolute Gasteiger partial charge is 0.336 e. The van der Waals surface area contributed by atoms with E-state index in [9.17, 15) is 9.59 Å². The molecule has 0 unspecified atom stereocenters. The Labute approximate surface area is 167 Å². The highest BCUT2D eigenvalue weighted by Crippen LogP contribution is 2.23. The Balaban J connectivity index is 1.87. The van der Waals surface area contributed by atoms with Gasteiger partial charge in [0.05, 0.1) is 17.7 Å². The van der Waals surface area contributed by atoms with E-state index in [1.807, 2.05) is 29.6 Å². The van der Waals surface area contributed by atoms with Gasteiger partial charge in [0.25, 0.3) is 5.56 Å². The van der Waals surface area contributed by atoms with Crippen molar-refractivity contribution in [3.8, 4) is 5.69 Å². The number of benzene rings is 2. The second-order valence-electron chi connectivity index (χ2n) is 7.93. The molecule has 0 bridgehead atoms. The standard InChI is InChI=1S/C23H22N2O2S/c1-23(2,3)17-11-9-16(10-12-17)15-24-19-13-14-28-20(19)21(26)25(22(24)27)18-7-5-4-6-8-18/h4-14H,15H2,1-3H3. The Bertz CT molecular complexity index is 1240. The van der Waals surface area contributed by atoms with Crippen LogP contribution in [-0.4, -0.2) is 9.13 Å². The van der Waals surface area contributed by atoms with Crippen LogP contribution in [0.3, 0.4) is 0 Å². The van der Waals surface area contributed by atoms with E-state index >= 15 is 0 Å². The highest BCUT2D eigenvalue weighted by molar-refractivity contribution is 7.17. The van der Waals surface area contributed by atoms with E-state index in [4.69, 9.17) is 0 Å². The van der Waals surface area contributed by atoms with Gasteiger partial charge in [-0.2, -0.15) is 0 Å². The normalized spacial score (nSPS) is 11.8. The maximum Gasteiger partial charge on any atom is 0.336 e. The van der Waals surface area contributed by atoms with Crippen molar-refractivity contribution in [3.05, 3.63) is 98.0 Å². The fourth-order valence-corrected chi connectivity index (χ4v) is 4.16. The van der Waals surface area contributed by atoms with Crippen molar-refractivity contribution in [3.63, 3.8) is 0 Å². The molecule has 0 N–H and O–H groups in total. The van der Waals surface area contributed by atoms with Gasteiger partial charge in [0, 0.05) is 0 Å². The van der Waals surface area contributed by atoms with Crippen LogP contribution in [0.1, 0.15) is 31.9 Å². The summed E-state index contributed by atoms with van der Waals surface area (Å²) in [6, 6.07) is 19.3. The fourth-order valence-electron chi connectivity index (χ4n) is 3.34. The van der Waals surface area contributed by atoms with E-state index in [2.05, 4.69) is 45.0 Å². The fraction of sp³-hybridized carbons (Fsp3) is 0.217. The Morgan fingerprint density at radius 1 is 0.893 bits per heavy atom. The van der Waals surface area contributed by atoms with Gasteiger partial charge in [-0.25, -0.2) is 9.36 Å². The van der Waals surface area contributed by atoms with Crippen LogP contribution >= 0.6 is 11.3 Å². The lowest BCUT2D eigenvalue weighted by atomic mass is 9.87. The van der Waals surface area contributed by atoms with Crippen molar-refractivity contribution >= 4 is 21.6 Å². The molecule has 4 aromatic rings. The number of thiophene rings is 1. The van der Waals surface area contributed by atoms with Crippen LogP contribution in [-0.2, 0) is 12.0 Å². The molecular weight excluding hydrogens is 368 g/mol. The zero-order valence-corrected chi connectivity index (χ0v) is 17.0. The zero-order valence-electron chi connectivity index (χ0n) is 16.2. The minimum atomic E-state index is -0.318. The Morgan fingerprint density at radius 3 is 2.21 bits per heavy atom. The molecule has 0 radical (unpaired) electrons. The molecule has 2 aromatic heterocycles. The first kappa shape index (κ1) is 18.4. The third-order valence-corrected chi connectivity index (χ3v) is 5.82. The molecule has 4 rings (SSSR count). The van der Waals surface area contributed by atoms with Gasteiger partial charge in [-0.15, -0.1) is 11.3 Å². The molecule has 0 aliphatic rings. The van der Waals surface area contributed by atoms with Crippen molar-refractivity contribution in [2.45, 2.75) is 32.7 Å². The van der Waals surface area contributed by atoms with Gasteiger partial charge in [0.1, 0.15) is 4.70 Å². The van der Waals surface area contributed by atoms with Gasteiger partial charge >= 0.3 is 5.69 Å². The molecule has 28 heavy (non-hydrogen) atoms. The molecule has 4 nitrogen and oxygen atoms in total. The molecule has 0 atom stereocenters. The monoisotopic (exact) mass is 390 g/mol. The topological polar surface area (TPSA) is 44.0 Å². The van der Waals surface area contributed by atoms with Crippen molar-refractivity contribution in [2.24, 2.45) is 0 Å². The number of hydrogen-bond donors (Lipinski definition) is 0. The Hall–Kier alpha value is -2.92. The molecule has 0 spiro atoms. The quantitative estimate of drug-likeness (QED) is 0.515. The lowest BCUT2D eigenvalue weighted by molar-refractivity contribution is 0.589. The van der Waals surface area contributed by atoms with Gasteiger partial charge in [-0.05, 0) is 40.1 Å². The number of para-hydroxylation sites is 1. The predicted octanol–water partition coefficient (Wildman–Crippen LogP) is 4.56. The van der Waals surface area contributed by atoms with Crippen LogP contribution in [0.25, 0.3) is 15.9 Å². The first-order chi connectivity index (χ1) is 13.4. The maximum atomic E-state index is 13.3. The first-order valence-electron chi connectivity index (χ1n) is 9.24. The minimum Gasteiger partial charge on any atom is -0.288 e. The summed E-state index contributed by atoms with van der Waals surface area (Å²) in [7, 11) is 0. The van der Waals surface area contributed by atoms with E-state index in [-0.39, 0.29) is 16.7 Å². The van der Waals surface area contributed by atoms with Crippen LogP contribution < -0.4 is 11.2 Å². The van der Waals surface area contributed by atoms with E-state index in [1.54, 1.807) is 16.7 Å². The number of aromatic nitrogens is 2. The zero-order chi connectivity index (χ0) is 19.9. The van der Waals surface area contributed by atoms with Crippen LogP contribution in [0.4, 0.5) is 0 Å². The summed E-state index contributed by atoms with van der Waals surface area (Å²) >= 11 is 1.37. The molecule has 0 amide bonds. The number of rotatable bonds is 3. The van der Waals surface area contributed by atoms with E-state index in [0.717, 1.165) is 5.56 Å². The van der Waals surface area contributed by atoms with Crippen molar-refractivity contribution in [1.29, 1.82) is 0 Å². The SMILES string of the molecule is CC(C)(C)c1ccc(Cn2c(=O)n(-c3ccccc3)c(=O)c3sccc32)cc1. The number of hydrogen-bond acceptors (Lipinski definition) is 3.